The number of carbonyl (C=O) groups excluding carboxylic acids is 1. The number of carbonyl (C=O) groups is 1. The van der Waals surface area contributed by atoms with Crippen molar-refractivity contribution < 1.29 is 4.79 Å². The molecule has 0 radical (unpaired) electrons. The maximum absolute atomic E-state index is 12.9. The molecule has 0 aliphatic carbocycles. The summed E-state index contributed by atoms with van der Waals surface area (Å²) in [5.74, 6) is 0.586. The number of aryl methyl sites for hydroxylation is 1. The van der Waals surface area contributed by atoms with Crippen LogP contribution in [0.3, 0.4) is 0 Å². The summed E-state index contributed by atoms with van der Waals surface area (Å²) in [4.78, 5) is 29.0. The largest absolute Gasteiger partial charge is 0.356 e. The number of aromatic nitrogens is 7. The van der Waals surface area contributed by atoms with Gasteiger partial charge in [-0.15, -0.1) is 0 Å². The van der Waals surface area contributed by atoms with Gasteiger partial charge in [-0.3, -0.25) is 9.48 Å². The second-order valence-electron chi connectivity index (χ2n) is 10.2. The maximum atomic E-state index is 12.9. The number of amides is 1. The van der Waals surface area contributed by atoms with Gasteiger partial charge in [-0.05, 0) is 43.5 Å². The highest BCUT2D eigenvalue weighted by molar-refractivity contribution is 6.33. The average molecular weight is 567 g/mol. The molecule has 5 aromatic heterocycles. The fourth-order valence-corrected chi connectivity index (χ4v) is 5.49. The number of nitrogens with zero attached hydrogens (tertiary/aromatic N) is 9. The van der Waals surface area contributed by atoms with Gasteiger partial charge in [0.05, 0.1) is 35.0 Å². The van der Waals surface area contributed by atoms with Gasteiger partial charge in [-0.2, -0.15) is 15.5 Å². The summed E-state index contributed by atoms with van der Waals surface area (Å²) in [5.41, 5.74) is 3.92. The van der Waals surface area contributed by atoms with Crippen molar-refractivity contribution in [1.29, 1.82) is 5.26 Å². The Morgan fingerprint density at radius 2 is 1.93 bits per heavy atom. The number of hydrogen-bond acceptors (Lipinski definition) is 8. The zero-order chi connectivity index (χ0) is 28.6. The van der Waals surface area contributed by atoms with E-state index in [0.717, 1.165) is 49.3 Å². The second-order valence-corrected chi connectivity index (χ2v) is 10.6. The van der Waals surface area contributed by atoms with E-state index in [9.17, 15) is 10.1 Å². The van der Waals surface area contributed by atoms with E-state index in [4.69, 9.17) is 21.6 Å². The smallest absolute Gasteiger partial charge is 0.271 e. The molecule has 0 aromatic carbocycles. The van der Waals surface area contributed by atoms with Gasteiger partial charge < -0.3 is 10.2 Å². The van der Waals surface area contributed by atoms with E-state index in [2.05, 4.69) is 38.4 Å². The van der Waals surface area contributed by atoms with Crippen molar-refractivity contribution >= 4 is 28.8 Å². The van der Waals surface area contributed by atoms with E-state index < -0.39 is 0 Å². The number of hydrogen-bond donors (Lipinski definition) is 1. The number of halogens is 1. The van der Waals surface area contributed by atoms with Crippen molar-refractivity contribution in [3.8, 4) is 28.6 Å². The quantitative estimate of drug-likeness (QED) is 0.322. The zero-order valence-electron chi connectivity index (χ0n) is 22.6. The normalized spacial score (nSPS) is 14.6. The molecule has 1 saturated heterocycles. The summed E-state index contributed by atoms with van der Waals surface area (Å²) >= 11 is 6.20. The van der Waals surface area contributed by atoms with Crippen molar-refractivity contribution in [2.45, 2.75) is 31.7 Å². The molecule has 206 valence electrons. The fraction of sp³-hybridized carbons (Fsp3) is 0.276. The predicted octanol–water partition coefficient (Wildman–Crippen LogP) is 4.29. The van der Waals surface area contributed by atoms with Crippen molar-refractivity contribution in [1.82, 2.24) is 39.7 Å². The van der Waals surface area contributed by atoms with Crippen molar-refractivity contribution in [3.05, 3.63) is 77.7 Å². The number of nitrogens with one attached hydrogen (secondary N) is 1. The molecule has 1 fully saturated rings. The first kappa shape index (κ1) is 26.4. The lowest BCUT2D eigenvalue weighted by Crippen LogP contribution is -2.55. The van der Waals surface area contributed by atoms with Crippen LogP contribution in [0.25, 0.3) is 28.0 Å². The number of anilines is 1. The number of rotatable bonds is 6. The molecule has 0 atom stereocenters. The third kappa shape index (κ3) is 4.98. The van der Waals surface area contributed by atoms with E-state index >= 15 is 0 Å². The van der Waals surface area contributed by atoms with E-state index in [1.54, 1.807) is 52.3 Å². The Labute approximate surface area is 241 Å². The highest BCUT2D eigenvalue weighted by Crippen LogP contribution is 2.32. The summed E-state index contributed by atoms with van der Waals surface area (Å²) < 4.78 is 3.39. The molecule has 11 nitrogen and oxygen atoms in total. The Kier molecular flexibility index (Phi) is 6.85. The molecule has 6 rings (SSSR count). The third-order valence-electron chi connectivity index (χ3n) is 7.71. The first-order valence-electron chi connectivity index (χ1n) is 13.3. The first-order chi connectivity index (χ1) is 19.9. The molecule has 0 bridgehead atoms. The standard InChI is InChI=1S/C29H27ClN10O/c1-3-29(37-28(41)26-22(30)5-4-10-32-26)8-11-39(12-9-29)24-7-6-19(14-33-24)25-27-20(13-31)15-35-40(27)18-23(36-25)21-16-34-38(2)17-21/h4-7,10,14-18H,3,8-9,11-12H2,1-2H3,(H,37,41). The zero-order valence-corrected chi connectivity index (χ0v) is 23.4. The topological polar surface area (TPSA) is 130 Å². The molecule has 1 aliphatic heterocycles. The summed E-state index contributed by atoms with van der Waals surface area (Å²) in [7, 11) is 1.85. The van der Waals surface area contributed by atoms with Gasteiger partial charge in [0.15, 0.2) is 0 Å². The molecule has 1 aliphatic rings. The summed E-state index contributed by atoms with van der Waals surface area (Å²) in [6.45, 7) is 3.55. The number of pyridine rings is 2. The lowest BCUT2D eigenvalue weighted by molar-refractivity contribution is 0.0871. The van der Waals surface area contributed by atoms with E-state index in [0.29, 0.717) is 27.5 Å². The molecule has 0 unspecified atom stereocenters. The van der Waals surface area contributed by atoms with Crippen LogP contribution >= 0.6 is 11.6 Å². The third-order valence-corrected chi connectivity index (χ3v) is 8.02. The van der Waals surface area contributed by atoms with Crippen LogP contribution in [-0.4, -0.2) is 58.9 Å². The molecular formula is C29H27ClN10O. The van der Waals surface area contributed by atoms with E-state index in [-0.39, 0.29) is 17.1 Å². The van der Waals surface area contributed by atoms with Gasteiger partial charge in [0.2, 0.25) is 0 Å². The molecule has 1 N–H and O–H groups in total. The first-order valence-corrected chi connectivity index (χ1v) is 13.7. The molecule has 6 heterocycles. The second kappa shape index (κ2) is 10.6. The molecule has 41 heavy (non-hydrogen) atoms. The lowest BCUT2D eigenvalue weighted by Gasteiger charge is -2.42. The minimum atomic E-state index is -0.341. The Balaban J connectivity index is 1.23. The SMILES string of the molecule is CCC1(NC(=O)c2ncccc2Cl)CCN(c2ccc(-c3nc(-c4cnn(C)c4)cn4ncc(C#N)c34)cn2)CC1. The maximum Gasteiger partial charge on any atom is 0.271 e. The molecular weight excluding hydrogens is 540 g/mol. The van der Waals surface area contributed by atoms with Gasteiger partial charge >= 0.3 is 0 Å². The van der Waals surface area contributed by atoms with Crippen molar-refractivity contribution in [2.75, 3.05) is 18.0 Å². The van der Waals surface area contributed by atoms with Crippen LogP contribution in [0.15, 0.2) is 61.4 Å². The predicted molar refractivity (Wildman–Crippen MR) is 154 cm³/mol. The number of nitriles is 1. The van der Waals surface area contributed by atoms with Crippen LogP contribution in [0.2, 0.25) is 5.02 Å². The number of fused-ring (bicyclic) bond motifs is 1. The highest BCUT2D eigenvalue weighted by atomic mass is 35.5. The van der Waals surface area contributed by atoms with Crippen molar-refractivity contribution in [3.63, 3.8) is 0 Å². The Morgan fingerprint density at radius 1 is 1.10 bits per heavy atom. The summed E-state index contributed by atoms with van der Waals surface area (Å²) in [6.07, 6.45) is 12.6. The van der Waals surface area contributed by atoms with Gasteiger partial charge in [0.25, 0.3) is 5.91 Å². The Morgan fingerprint density at radius 3 is 2.59 bits per heavy atom. The Hall–Kier alpha value is -4.82. The van der Waals surface area contributed by atoms with Crippen LogP contribution in [0.4, 0.5) is 5.82 Å². The fourth-order valence-electron chi connectivity index (χ4n) is 5.29. The number of piperidine rings is 1. The average Bonchev–Trinajstić information content (AvgIpc) is 3.63. The minimum Gasteiger partial charge on any atom is -0.356 e. The highest BCUT2D eigenvalue weighted by Gasteiger charge is 2.35. The summed E-state index contributed by atoms with van der Waals surface area (Å²) in [6, 6.07) is 9.54. The molecule has 12 heteroatoms. The van der Waals surface area contributed by atoms with Gasteiger partial charge in [-0.1, -0.05) is 18.5 Å². The molecule has 0 saturated carbocycles. The van der Waals surface area contributed by atoms with Gasteiger partial charge in [0, 0.05) is 55.4 Å². The van der Waals surface area contributed by atoms with Crippen LogP contribution in [0, 0.1) is 11.3 Å². The summed E-state index contributed by atoms with van der Waals surface area (Å²) in [5, 5.41) is 21.9. The monoisotopic (exact) mass is 566 g/mol. The van der Waals surface area contributed by atoms with Gasteiger partial charge in [-0.25, -0.2) is 19.5 Å². The van der Waals surface area contributed by atoms with Crippen LogP contribution in [-0.2, 0) is 7.05 Å². The van der Waals surface area contributed by atoms with Crippen molar-refractivity contribution in [2.24, 2.45) is 7.05 Å². The van der Waals surface area contributed by atoms with E-state index in [1.165, 1.54) is 0 Å². The minimum absolute atomic E-state index is 0.245. The van der Waals surface area contributed by atoms with Gasteiger partial charge in [0.1, 0.15) is 28.7 Å². The molecule has 0 spiro atoms. The van der Waals surface area contributed by atoms with Crippen LogP contribution in [0.5, 0.6) is 0 Å². The van der Waals surface area contributed by atoms with Crippen LogP contribution in [0.1, 0.15) is 42.2 Å². The molecule has 5 aromatic rings. The Bertz CT molecular complexity index is 1780. The molecule has 1 amide bonds. The van der Waals surface area contributed by atoms with Crippen LogP contribution < -0.4 is 10.2 Å². The lowest BCUT2D eigenvalue weighted by atomic mass is 9.84. The van der Waals surface area contributed by atoms with E-state index in [1.807, 2.05) is 25.4 Å².